The van der Waals surface area contributed by atoms with Crippen molar-refractivity contribution >= 4 is 12.5 Å². The highest BCUT2D eigenvalue weighted by Gasteiger charge is 2.21. The lowest BCUT2D eigenvalue weighted by Crippen LogP contribution is -2.37. The molecule has 1 saturated heterocycles. The number of nitrogens with zero attached hydrogens (tertiary/aromatic N) is 2. The molecule has 2 amide bonds. The first-order chi connectivity index (χ1) is 12.3. The summed E-state index contributed by atoms with van der Waals surface area (Å²) in [5, 5.41) is 11.5. The van der Waals surface area contributed by atoms with E-state index in [9.17, 15) is 9.59 Å². The van der Waals surface area contributed by atoms with Crippen molar-refractivity contribution < 1.29 is 14.7 Å². The molecule has 1 aromatic heterocycles. The Hall–Kier alpha value is -2.11. The molecule has 0 unspecified atom stereocenters. The van der Waals surface area contributed by atoms with E-state index in [-0.39, 0.29) is 5.54 Å². The molecule has 1 fully saturated rings. The van der Waals surface area contributed by atoms with Gasteiger partial charge in [-0.15, -0.1) is 0 Å². The van der Waals surface area contributed by atoms with Crippen LogP contribution in [0.3, 0.4) is 0 Å². The highest BCUT2D eigenvalue weighted by molar-refractivity contribution is 5.64. The van der Waals surface area contributed by atoms with Crippen LogP contribution in [0.2, 0.25) is 0 Å². The maximum absolute atomic E-state index is 10.8. The topological polar surface area (TPSA) is 82.5 Å². The molecule has 0 atom stereocenters. The molecule has 1 aliphatic rings. The first kappa shape index (κ1) is 21.9. The fourth-order valence-corrected chi connectivity index (χ4v) is 2.90. The quantitative estimate of drug-likeness (QED) is 0.596. The van der Waals surface area contributed by atoms with E-state index in [0.717, 1.165) is 19.3 Å². The third-order valence-corrected chi connectivity index (χ3v) is 4.45. The number of carbonyl (C=O) groups is 2. The van der Waals surface area contributed by atoms with Crippen molar-refractivity contribution in [2.45, 2.75) is 64.8 Å². The molecular weight excluding hydrogens is 330 g/mol. The Morgan fingerprint density at radius 1 is 1.27 bits per heavy atom. The van der Waals surface area contributed by atoms with Gasteiger partial charge in [0.15, 0.2) is 0 Å². The van der Waals surface area contributed by atoms with Crippen molar-refractivity contribution in [2.75, 3.05) is 13.1 Å². The van der Waals surface area contributed by atoms with Crippen LogP contribution in [0.15, 0.2) is 24.5 Å². The fourth-order valence-electron chi connectivity index (χ4n) is 2.90. The lowest BCUT2D eigenvalue weighted by atomic mass is 9.91. The lowest BCUT2D eigenvalue weighted by molar-refractivity contribution is -0.110. The average Bonchev–Trinajstić information content (AvgIpc) is 2.59. The minimum atomic E-state index is -0.767. The molecule has 1 aliphatic heterocycles. The molecule has 0 bridgehead atoms. The maximum Gasteiger partial charge on any atom is 0.407 e. The van der Waals surface area contributed by atoms with Crippen LogP contribution in [0, 0.1) is 5.92 Å². The summed E-state index contributed by atoms with van der Waals surface area (Å²) in [4.78, 5) is 26.1. The van der Waals surface area contributed by atoms with Crippen LogP contribution < -0.4 is 5.32 Å². The van der Waals surface area contributed by atoms with Gasteiger partial charge in [-0.25, -0.2) is 4.79 Å². The number of carbonyl (C=O) groups excluding carboxylic acids is 1. The molecule has 6 heteroatoms. The van der Waals surface area contributed by atoms with Crippen molar-refractivity contribution in [3.63, 3.8) is 0 Å². The molecule has 2 heterocycles. The zero-order valence-electron chi connectivity index (χ0n) is 16.3. The minimum absolute atomic E-state index is 0.0677. The van der Waals surface area contributed by atoms with Crippen LogP contribution in [-0.2, 0) is 11.2 Å². The number of amides is 2. The van der Waals surface area contributed by atoms with E-state index in [2.05, 4.69) is 22.4 Å². The lowest BCUT2D eigenvalue weighted by Gasteiger charge is -2.29. The third-order valence-electron chi connectivity index (χ3n) is 4.45. The highest BCUT2D eigenvalue weighted by Crippen LogP contribution is 2.23. The number of aryl methyl sites for hydroxylation is 1. The Balaban J connectivity index is 0.000000412. The van der Waals surface area contributed by atoms with Crippen LogP contribution in [0.1, 0.15) is 58.4 Å². The zero-order valence-corrected chi connectivity index (χ0v) is 16.3. The number of aromatic nitrogens is 1. The Kier molecular flexibility index (Phi) is 9.70. The average molecular weight is 364 g/mol. The van der Waals surface area contributed by atoms with Crippen molar-refractivity contribution in [1.29, 1.82) is 0 Å². The van der Waals surface area contributed by atoms with Crippen LogP contribution in [0.5, 0.6) is 0 Å². The van der Waals surface area contributed by atoms with Crippen molar-refractivity contribution in [3.8, 4) is 0 Å². The SMILES string of the molecule is CC(C)(C)NC=O.O=C(O)N1CCC(CCCCc2ccncc2)CC1. The number of unbranched alkanes of at least 4 members (excludes halogenated alkanes) is 1. The van der Waals surface area contributed by atoms with E-state index in [0.29, 0.717) is 25.4 Å². The van der Waals surface area contributed by atoms with Crippen LogP contribution in [0.4, 0.5) is 4.79 Å². The van der Waals surface area contributed by atoms with Crippen molar-refractivity contribution in [1.82, 2.24) is 15.2 Å². The zero-order chi connectivity index (χ0) is 19.4. The molecule has 26 heavy (non-hydrogen) atoms. The van der Waals surface area contributed by atoms with Gasteiger partial charge < -0.3 is 15.3 Å². The predicted molar refractivity (Wildman–Crippen MR) is 103 cm³/mol. The highest BCUT2D eigenvalue weighted by atomic mass is 16.4. The van der Waals surface area contributed by atoms with Gasteiger partial charge in [0.1, 0.15) is 0 Å². The number of hydrogen-bond donors (Lipinski definition) is 2. The van der Waals surface area contributed by atoms with Gasteiger partial charge in [0, 0.05) is 31.0 Å². The van der Waals surface area contributed by atoms with Crippen LogP contribution in [-0.4, -0.2) is 46.1 Å². The predicted octanol–water partition coefficient (Wildman–Crippen LogP) is 3.72. The van der Waals surface area contributed by atoms with Gasteiger partial charge in [-0.3, -0.25) is 9.78 Å². The number of nitrogens with one attached hydrogen (secondary N) is 1. The van der Waals surface area contributed by atoms with Crippen molar-refractivity contribution in [2.24, 2.45) is 5.92 Å². The standard InChI is InChI=1S/C15H22N2O2.C5H11NO/c18-15(19)17-11-7-14(8-12-17)4-2-1-3-13-5-9-16-10-6-13;1-5(2,3)6-4-7/h5-6,9-10,14H,1-4,7-8,11-12H2,(H,18,19);4H,1-3H3,(H,6,7). The maximum atomic E-state index is 10.8. The van der Waals surface area contributed by atoms with E-state index >= 15 is 0 Å². The van der Waals surface area contributed by atoms with Crippen molar-refractivity contribution in [3.05, 3.63) is 30.1 Å². The van der Waals surface area contributed by atoms with Gasteiger partial charge in [-0.1, -0.05) is 12.8 Å². The Labute approximate surface area is 157 Å². The second kappa shape index (κ2) is 11.5. The van der Waals surface area contributed by atoms with Gasteiger partial charge >= 0.3 is 6.09 Å². The molecule has 0 radical (unpaired) electrons. The summed E-state index contributed by atoms with van der Waals surface area (Å²) in [6.07, 6.45) is 10.5. The van der Waals surface area contributed by atoms with E-state index in [1.807, 2.05) is 33.2 Å². The monoisotopic (exact) mass is 363 g/mol. The summed E-state index contributed by atoms with van der Waals surface area (Å²) in [6, 6.07) is 4.15. The smallest absolute Gasteiger partial charge is 0.407 e. The second-order valence-electron chi connectivity index (χ2n) is 7.83. The summed E-state index contributed by atoms with van der Waals surface area (Å²) in [5.41, 5.74) is 1.29. The molecule has 0 spiro atoms. The summed E-state index contributed by atoms with van der Waals surface area (Å²) in [5.74, 6) is 0.716. The normalized spacial score (nSPS) is 15.0. The number of pyridine rings is 1. The van der Waals surface area contributed by atoms with Crippen LogP contribution >= 0.6 is 0 Å². The molecule has 146 valence electrons. The molecule has 1 aromatic rings. The Bertz CT molecular complexity index is 521. The van der Waals surface area contributed by atoms with Crippen LogP contribution in [0.25, 0.3) is 0 Å². The molecule has 0 aromatic carbocycles. The summed E-state index contributed by atoms with van der Waals surface area (Å²) in [7, 11) is 0. The van der Waals surface area contributed by atoms with Gasteiger partial charge in [0.05, 0.1) is 0 Å². The summed E-state index contributed by atoms with van der Waals surface area (Å²) >= 11 is 0. The summed E-state index contributed by atoms with van der Waals surface area (Å²) < 4.78 is 0. The first-order valence-corrected chi connectivity index (χ1v) is 9.40. The third kappa shape index (κ3) is 10.0. The van der Waals surface area contributed by atoms with E-state index < -0.39 is 6.09 Å². The molecule has 2 N–H and O–H groups in total. The number of likely N-dealkylation sites (tertiary alicyclic amines) is 1. The molecule has 6 nitrogen and oxygen atoms in total. The first-order valence-electron chi connectivity index (χ1n) is 9.40. The number of carboxylic acid groups (broad SMARTS) is 1. The molecule has 0 aliphatic carbocycles. The minimum Gasteiger partial charge on any atom is -0.465 e. The number of piperidine rings is 1. The Morgan fingerprint density at radius 2 is 1.88 bits per heavy atom. The fraction of sp³-hybridized carbons (Fsp3) is 0.650. The van der Waals surface area contributed by atoms with E-state index in [4.69, 9.17) is 5.11 Å². The molecule has 2 rings (SSSR count). The summed E-state index contributed by atoms with van der Waals surface area (Å²) in [6.45, 7) is 7.22. The van der Waals surface area contributed by atoms with Gasteiger partial charge in [0.2, 0.25) is 6.41 Å². The number of rotatable bonds is 6. The molecular formula is C20H33N3O3. The molecule has 0 saturated carbocycles. The van der Waals surface area contributed by atoms with Gasteiger partial charge in [0.25, 0.3) is 0 Å². The number of hydrogen-bond acceptors (Lipinski definition) is 3. The van der Waals surface area contributed by atoms with E-state index in [1.54, 1.807) is 0 Å². The second-order valence-corrected chi connectivity index (χ2v) is 7.83. The van der Waals surface area contributed by atoms with E-state index in [1.165, 1.54) is 29.7 Å². The Morgan fingerprint density at radius 3 is 2.35 bits per heavy atom. The largest absolute Gasteiger partial charge is 0.465 e. The van der Waals surface area contributed by atoms with Gasteiger partial charge in [-0.05, 0) is 70.1 Å². The van der Waals surface area contributed by atoms with Gasteiger partial charge in [-0.2, -0.15) is 0 Å².